The third kappa shape index (κ3) is 3.10. The Morgan fingerprint density at radius 1 is 0.929 bits per heavy atom. The molecule has 5 heteroatoms. The molecule has 1 amide bonds. The number of hydrogen-bond donors (Lipinski definition) is 0. The maximum absolute atomic E-state index is 12.0. The number of anilines is 2. The summed E-state index contributed by atoms with van der Waals surface area (Å²) in [5, 5.41) is 5.72. The van der Waals surface area contributed by atoms with Gasteiger partial charge in [-0.2, -0.15) is 5.10 Å². The van der Waals surface area contributed by atoms with Gasteiger partial charge in [-0.15, -0.1) is 0 Å². The summed E-state index contributed by atoms with van der Waals surface area (Å²) in [5.74, 6) is 0.874. The van der Waals surface area contributed by atoms with Gasteiger partial charge in [-0.05, 0) is 61.2 Å². The number of carbonyl (C=O) groups is 1. The van der Waals surface area contributed by atoms with Crippen molar-refractivity contribution in [3.05, 3.63) is 48.5 Å². The van der Waals surface area contributed by atoms with Crippen LogP contribution in [0, 0.1) is 5.92 Å². The predicted molar refractivity (Wildman–Crippen MR) is 114 cm³/mol. The fourth-order valence-electron chi connectivity index (χ4n) is 4.84. The number of fused-ring (bicyclic) bond motifs is 1. The Hall–Kier alpha value is -2.66. The summed E-state index contributed by atoms with van der Waals surface area (Å²) in [5.41, 5.74) is 4.51. The van der Waals surface area contributed by atoms with Gasteiger partial charge in [0.25, 0.3) is 0 Å². The molecule has 5 rings (SSSR count). The van der Waals surface area contributed by atoms with Gasteiger partial charge in [0, 0.05) is 44.0 Å². The minimum absolute atomic E-state index is 0.0566. The summed E-state index contributed by atoms with van der Waals surface area (Å²) in [4.78, 5) is 17.1. The van der Waals surface area contributed by atoms with Crippen LogP contribution in [-0.4, -0.2) is 49.7 Å². The fourth-order valence-corrected chi connectivity index (χ4v) is 4.84. The number of carbonyl (C=O) groups excluding carboxylic acids is 1. The van der Waals surface area contributed by atoms with Crippen LogP contribution < -0.4 is 9.91 Å². The summed E-state index contributed by atoms with van der Waals surface area (Å²) in [6.45, 7) is 3.57. The molecule has 0 saturated carbocycles. The van der Waals surface area contributed by atoms with Crippen LogP contribution in [0.15, 0.2) is 53.6 Å². The second-order valence-corrected chi connectivity index (χ2v) is 8.17. The van der Waals surface area contributed by atoms with Gasteiger partial charge in [-0.25, -0.2) is 5.01 Å². The van der Waals surface area contributed by atoms with Gasteiger partial charge in [-0.1, -0.05) is 24.3 Å². The van der Waals surface area contributed by atoms with Crippen LogP contribution in [0.4, 0.5) is 11.4 Å². The Morgan fingerprint density at radius 2 is 1.61 bits per heavy atom. The molecule has 0 radical (unpaired) electrons. The molecule has 0 aliphatic carbocycles. The molecule has 0 unspecified atom stereocenters. The molecule has 3 aliphatic rings. The smallest absolute Gasteiger partial charge is 0.247 e. The maximum atomic E-state index is 12.0. The van der Waals surface area contributed by atoms with Crippen molar-refractivity contribution in [3.8, 4) is 11.1 Å². The van der Waals surface area contributed by atoms with Crippen molar-refractivity contribution in [2.75, 3.05) is 36.6 Å². The molecule has 0 aromatic heterocycles. The third-order valence-electron chi connectivity index (χ3n) is 6.30. The molecule has 0 bridgehead atoms. The number of likely N-dealkylation sites (tertiary alicyclic amines) is 1. The van der Waals surface area contributed by atoms with Crippen molar-refractivity contribution in [1.82, 2.24) is 4.90 Å². The summed E-state index contributed by atoms with van der Waals surface area (Å²) in [6, 6.07) is 17.7. The number of hydrogen-bond acceptors (Lipinski definition) is 4. The van der Waals surface area contributed by atoms with E-state index in [1.165, 1.54) is 42.3 Å². The first kappa shape index (κ1) is 17.4. The van der Waals surface area contributed by atoms with E-state index in [4.69, 9.17) is 0 Å². The molecular weight excluding hydrogens is 348 g/mol. The first-order chi connectivity index (χ1) is 13.7. The zero-order valence-electron chi connectivity index (χ0n) is 16.3. The van der Waals surface area contributed by atoms with Crippen LogP contribution in [0.3, 0.4) is 0 Å². The van der Waals surface area contributed by atoms with Gasteiger partial charge in [0.05, 0.1) is 5.69 Å². The van der Waals surface area contributed by atoms with E-state index in [1.807, 2.05) is 12.1 Å². The second-order valence-electron chi connectivity index (χ2n) is 8.17. The van der Waals surface area contributed by atoms with Gasteiger partial charge < -0.3 is 9.80 Å². The second kappa shape index (κ2) is 7.06. The standard InChI is InChI=1S/C23H26N4O/c1-25-15-19-12-14-26(22(19)16-25)20-8-4-17(5-9-20)18-6-10-21(11-7-18)27-23(28)3-2-13-24-27/h4-11,13,19,22H,2-3,12,14-16H2,1H3/t19-,22+/m1/s1. The van der Waals surface area contributed by atoms with Crippen LogP contribution in [0.5, 0.6) is 0 Å². The molecule has 2 saturated heterocycles. The molecule has 0 spiro atoms. The number of amides is 1. The summed E-state index contributed by atoms with van der Waals surface area (Å²) in [6.07, 6.45) is 4.37. The van der Waals surface area contributed by atoms with Gasteiger partial charge in [-0.3, -0.25) is 4.79 Å². The Balaban J connectivity index is 1.33. The molecule has 2 atom stereocenters. The molecule has 0 N–H and O–H groups in total. The summed E-state index contributed by atoms with van der Waals surface area (Å²) >= 11 is 0. The molecule has 28 heavy (non-hydrogen) atoms. The van der Waals surface area contributed by atoms with Crippen LogP contribution in [0.1, 0.15) is 19.3 Å². The highest BCUT2D eigenvalue weighted by Gasteiger charge is 2.39. The first-order valence-electron chi connectivity index (χ1n) is 10.2. The Morgan fingerprint density at radius 3 is 2.29 bits per heavy atom. The molecule has 5 nitrogen and oxygen atoms in total. The average molecular weight is 374 g/mol. The molecule has 3 aliphatic heterocycles. The molecule has 144 valence electrons. The van der Waals surface area contributed by atoms with Crippen LogP contribution in [-0.2, 0) is 4.79 Å². The SMILES string of the molecule is CN1C[C@H]2CCN(c3ccc(-c4ccc(N5N=CCCC5=O)cc4)cc3)[C@H]2C1. The van der Waals surface area contributed by atoms with E-state index >= 15 is 0 Å². The van der Waals surface area contributed by atoms with Crippen LogP contribution in [0.25, 0.3) is 11.1 Å². The Labute approximate surface area is 166 Å². The van der Waals surface area contributed by atoms with Crippen molar-refractivity contribution < 1.29 is 4.79 Å². The van der Waals surface area contributed by atoms with E-state index in [0.29, 0.717) is 12.5 Å². The zero-order valence-corrected chi connectivity index (χ0v) is 16.3. The average Bonchev–Trinajstić information content (AvgIpc) is 3.28. The van der Waals surface area contributed by atoms with Crippen molar-refractivity contribution in [2.24, 2.45) is 11.0 Å². The summed E-state index contributed by atoms with van der Waals surface area (Å²) in [7, 11) is 2.23. The maximum Gasteiger partial charge on any atom is 0.247 e. The van der Waals surface area contributed by atoms with Crippen LogP contribution in [0.2, 0.25) is 0 Å². The van der Waals surface area contributed by atoms with E-state index in [2.05, 4.69) is 58.3 Å². The molecule has 3 heterocycles. The lowest BCUT2D eigenvalue weighted by atomic mass is 10.0. The minimum atomic E-state index is 0.0566. The largest absolute Gasteiger partial charge is 0.367 e. The fraction of sp³-hybridized carbons (Fsp3) is 0.391. The number of likely N-dealkylation sites (N-methyl/N-ethyl adjacent to an activating group) is 1. The van der Waals surface area contributed by atoms with E-state index in [-0.39, 0.29) is 5.91 Å². The monoisotopic (exact) mass is 374 g/mol. The van der Waals surface area contributed by atoms with Gasteiger partial charge in [0.15, 0.2) is 0 Å². The van der Waals surface area contributed by atoms with E-state index in [9.17, 15) is 4.79 Å². The van der Waals surface area contributed by atoms with Crippen molar-refractivity contribution >= 4 is 23.5 Å². The molecule has 2 aromatic carbocycles. The van der Waals surface area contributed by atoms with Crippen molar-refractivity contribution in [1.29, 1.82) is 0 Å². The van der Waals surface area contributed by atoms with E-state index < -0.39 is 0 Å². The first-order valence-corrected chi connectivity index (χ1v) is 10.2. The van der Waals surface area contributed by atoms with Crippen molar-refractivity contribution in [3.63, 3.8) is 0 Å². The lowest BCUT2D eigenvalue weighted by molar-refractivity contribution is -0.118. The Kier molecular flexibility index (Phi) is 4.40. The highest BCUT2D eigenvalue weighted by atomic mass is 16.2. The number of benzene rings is 2. The number of nitrogens with zero attached hydrogens (tertiary/aromatic N) is 4. The highest BCUT2D eigenvalue weighted by Crippen LogP contribution is 2.35. The zero-order chi connectivity index (χ0) is 19.1. The highest BCUT2D eigenvalue weighted by molar-refractivity contribution is 5.97. The number of hydrazone groups is 1. The van der Waals surface area contributed by atoms with Gasteiger partial charge in [0.2, 0.25) is 5.91 Å². The molecule has 2 fully saturated rings. The minimum Gasteiger partial charge on any atom is -0.367 e. The van der Waals surface area contributed by atoms with E-state index in [1.54, 1.807) is 6.21 Å². The number of rotatable bonds is 3. The normalized spacial score (nSPS) is 24.8. The van der Waals surface area contributed by atoms with E-state index in [0.717, 1.165) is 23.6 Å². The molecular formula is C23H26N4O. The van der Waals surface area contributed by atoms with Gasteiger partial charge in [0.1, 0.15) is 0 Å². The Bertz CT molecular complexity index is 890. The quantitative estimate of drug-likeness (QED) is 0.824. The predicted octanol–water partition coefficient (Wildman–Crippen LogP) is 3.61. The third-order valence-corrected chi connectivity index (χ3v) is 6.30. The topological polar surface area (TPSA) is 39.1 Å². The van der Waals surface area contributed by atoms with Gasteiger partial charge >= 0.3 is 0 Å². The van der Waals surface area contributed by atoms with Crippen LogP contribution >= 0.6 is 0 Å². The lowest BCUT2D eigenvalue weighted by Crippen LogP contribution is -2.34. The van der Waals surface area contributed by atoms with Crippen molar-refractivity contribution in [2.45, 2.75) is 25.3 Å². The summed E-state index contributed by atoms with van der Waals surface area (Å²) < 4.78 is 0. The lowest BCUT2D eigenvalue weighted by Gasteiger charge is -2.26. The molecule has 2 aromatic rings.